The molecule has 6 heteroatoms. The van der Waals surface area contributed by atoms with Crippen molar-refractivity contribution in [2.75, 3.05) is 25.7 Å². The normalized spacial score (nSPS) is 28.3. The summed E-state index contributed by atoms with van der Waals surface area (Å²) in [6.45, 7) is 7.31. The third-order valence-electron chi connectivity index (χ3n) is 8.89. The van der Waals surface area contributed by atoms with E-state index in [0.29, 0.717) is 37.7 Å². The molecule has 4 aromatic carbocycles. The van der Waals surface area contributed by atoms with Gasteiger partial charge in [0.05, 0.1) is 50.8 Å². The van der Waals surface area contributed by atoms with Crippen LogP contribution in [0.25, 0.3) is 0 Å². The smallest absolute Gasteiger partial charge is 0.0918 e. The average molecular weight is 627 g/mol. The molecule has 0 bridgehead atoms. The van der Waals surface area contributed by atoms with E-state index in [9.17, 15) is 0 Å². The molecule has 2 heterocycles. The first-order chi connectivity index (χ1) is 21.7. The standard InChI is InChI=1S/C38H44O4P2/c1-43-27-33(39-23-29-15-7-3-8-16-29)35(41-25-31-19-11-5-12-20-31)37(43)38-36(42-26-32-21-13-6-14-22-32)34(28-44(38)2)40-24-30-17-9-4-10-18-30/h3-22,33-38H,23-28H2,1-2H3/t33-,34-,35+,36+,37-,38-,43-,44-/m1/s1. The van der Waals surface area contributed by atoms with Gasteiger partial charge in [-0.2, -0.15) is 0 Å². The zero-order chi connectivity index (χ0) is 30.1. The van der Waals surface area contributed by atoms with E-state index < -0.39 is 0 Å². The molecule has 8 atom stereocenters. The molecule has 2 aliphatic heterocycles. The van der Waals surface area contributed by atoms with Crippen molar-refractivity contribution in [2.45, 2.75) is 62.2 Å². The molecule has 44 heavy (non-hydrogen) atoms. The Kier molecular flexibility index (Phi) is 11.3. The van der Waals surface area contributed by atoms with Crippen LogP contribution in [0.15, 0.2) is 121 Å². The highest BCUT2D eigenvalue weighted by Crippen LogP contribution is 2.62. The van der Waals surface area contributed by atoms with Crippen LogP contribution in [0.5, 0.6) is 0 Å². The van der Waals surface area contributed by atoms with Gasteiger partial charge in [0, 0.05) is 11.3 Å². The van der Waals surface area contributed by atoms with Gasteiger partial charge in [-0.15, -0.1) is 15.8 Å². The number of ether oxygens (including phenoxy) is 4. The molecular weight excluding hydrogens is 582 g/mol. The summed E-state index contributed by atoms with van der Waals surface area (Å²) in [4.78, 5) is 0. The third kappa shape index (κ3) is 8.04. The lowest BCUT2D eigenvalue weighted by atomic mass is 10.0. The van der Waals surface area contributed by atoms with Crippen LogP contribution >= 0.6 is 15.8 Å². The molecule has 4 aromatic rings. The maximum atomic E-state index is 6.91. The highest BCUT2D eigenvalue weighted by molar-refractivity contribution is 7.62. The molecule has 2 fully saturated rings. The Morgan fingerprint density at radius 2 is 0.705 bits per heavy atom. The van der Waals surface area contributed by atoms with Crippen molar-refractivity contribution in [1.29, 1.82) is 0 Å². The Morgan fingerprint density at radius 1 is 0.432 bits per heavy atom. The summed E-state index contributed by atoms with van der Waals surface area (Å²) in [6, 6.07) is 42.1. The van der Waals surface area contributed by atoms with E-state index in [1.165, 1.54) is 22.3 Å². The predicted molar refractivity (Wildman–Crippen MR) is 183 cm³/mol. The molecule has 0 amide bonds. The zero-order valence-corrected chi connectivity index (χ0v) is 27.6. The number of benzene rings is 4. The van der Waals surface area contributed by atoms with Crippen LogP contribution in [0.1, 0.15) is 22.3 Å². The summed E-state index contributed by atoms with van der Waals surface area (Å²) >= 11 is 0. The molecule has 0 radical (unpaired) electrons. The predicted octanol–water partition coefficient (Wildman–Crippen LogP) is 8.32. The van der Waals surface area contributed by atoms with Gasteiger partial charge in [0.2, 0.25) is 0 Å². The first kappa shape index (κ1) is 31.6. The van der Waals surface area contributed by atoms with Crippen LogP contribution < -0.4 is 0 Å². The molecule has 4 nitrogen and oxygen atoms in total. The van der Waals surface area contributed by atoms with Crippen molar-refractivity contribution in [3.63, 3.8) is 0 Å². The van der Waals surface area contributed by atoms with Gasteiger partial charge in [-0.3, -0.25) is 0 Å². The Hall–Kier alpha value is -2.42. The highest BCUT2D eigenvalue weighted by atomic mass is 31.1. The second-order valence-corrected chi connectivity index (χ2v) is 17.0. The maximum absolute atomic E-state index is 6.91. The van der Waals surface area contributed by atoms with Gasteiger partial charge in [-0.05, 0) is 47.9 Å². The monoisotopic (exact) mass is 626 g/mol. The minimum atomic E-state index is -0.339. The Morgan fingerprint density at radius 3 is 1.00 bits per heavy atom. The summed E-state index contributed by atoms with van der Waals surface area (Å²) in [5.41, 5.74) is 5.58. The Labute approximate surface area is 265 Å². The van der Waals surface area contributed by atoms with Gasteiger partial charge >= 0.3 is 0 Å². The summed E-state index contributed by atoms with van der Waals surface area (Å²) in [5.74, 6) is 0. The van der Waals surface area contributed by atoms with Gasteiger partial charge in [-0.25, -0.2) is 0 Å². The largest absolute Gasteiger partial charge is 0.370 e. The van der Waals surface area contributed by atoms with E-state index in [-0.39, 0.29) is 40.3 Å². The SMILES string of the molecule is C[P@]1C[C@@H](OCc2ccccc2)[C@H](OCc2ccccc2)[C@@H]1[C@H]1[C@@H](OCc2ccccc2)[C@H](OCc2ccccc2)C[P@@]1C. The molecule has 0 aliphatic carbocycles. The lowest BCUT2D eigenvalue weighted by Crippen LogP contribution is -2.46. The first-order valence-electron chi connectivity index (χ1n) is 15.7. The molecule has 2 saturated heterocycles. The lowest BCUT2D eigenvalue weighted by Gasteiger charge is -2.36. The van der Waals surface area contributed by atoms with E-state index in [1.807, 2.05) is 0 Å². The molecule has 0 N–H and O–H groups in total. The molecule has 0 aromatic heterocycles. The molecular formula is C38H44O4P2. The first-order valence-corrected chi connectivity index (χ1v) is 19.8. The lowest BCUT2D eigenvalue weighted by molar-refractivity contribution is -0.0900. The van der Waals surface area contributed by atoms with Gasteiger partial charge in [-0.1, -0.05) is 121 Å². The zero-order valence-electron chi connectivity index (χ0n) is 25.8. The summed E-state index contributed by atoms with van der Waals surface area (Å²) < 4.78 is 27.2. The number of rotatable bonds is 13. The summed E-state index contributed by atoms with van der Waals surface area (Å²) in [6.07, 6.45) is 2.24. The van der Waals surface area contributed by atoms with E-state index in [1.54, 1.807) is 0 Å². The van der Waals surface area contributed by atoms with Gasteiger partial charge < -0.3 is 18.9 Å². The average Bonchev–Trinajstić information content (AvgIpc) is 3.55. The van der Waals surface area contributed by atoms with Crippen LogP contribution in [0.2, 0.25) is 0 Å². The second kappa shape index (κ2) is 15.7. The molecule has 230 valence electrons. The quantitative estimate of drug-likeness (QED) is 0.140. The van der Waals surface area contributed by atoms with Crippen molar-refractivity contribution in [3.8, 4) is 0 Å². The minimum absolute atomic E-state index is 0.0145. The van der Waals surface area contributed by atoms with Crippen LogP contribution in [0.3, 0.4) is 0 Å². The number of hydrogen-bond donors (Lipinski definition) is 0. The summed E-state index contributed by atoms with van der Waals surface area (Å²) in [7, 11) is -0.677. The minimum Gasteiger partial charge on any atom is -0.370 e. The topological polar surface area (TPSA) is 36.9 Å². The molecule has 2 aliphatic rings. The van der Waals surface area contributed by atoms with Gasteiger partial charge in [0.1, 0.15) is 0 Å². The summed E-state index contributed by atoms with van der Waals surface area (Å²) in [5, 5.41) is 0. The van der Waals surface area contributed by atoms with Crippen molar-refractivity contribution < 1.29 is 18.9 Å². The third-order valence-corrected chi connectivity index (χ3v) is 14.3. The van der Waals surface area contributed by atoms with E-state index >= 15 is 0 Å². The second-order valence-electron chi connectivity index (χ2n) is 12.1. The number of hydrogen-bond acceptors (Lipinski definition) is 4. The van der Waals surface area contributed by atoms with E-state index in [4.69, 9.17) is 18.9 Å². The van der Waals surface area contributed by atoms with Gasteiger partial charge in [0.15, 0.2) is 0 Å². The van der Waals surface area contributed by atoms with Crippen LogP contribution in [-0.2, 0) is 45.4 Å². The fourth-order valence-corrected chi connectivity index (χ4v) is 13.2. The van der Waals surface area contributed by atoms with Crippen LogP contribution in [0, 0.1) is 0 Å². The molecule has 0 spiro atoms. The Bertz CT molecular complexity index is 1280. The van der Waals surface area contributed by atoms with Crippen molar-refractivity contribution in [1.82, 2.24) is 0 Å². The maximum Gasteiger partial charge on any atom is 0.0918 e. The van der Waals surface area contributed by atoms with E-state index in [2.05, 4.69) is 135 Å². The van der Waals surface area contributed by atoms with E-state index in [0.717, 1.165) is 12.3 Å². The molecule has 0 unspecified atom stereocenters. The molecule has 6 rings (SSSR count). The molecule has 0 saturated carbocycles. The van der Waals surface area contributed by atoms with Crippen molar-refractivity contribution >= 4 is 15.8 Å². The highest BCUT2D eigenvalue weighted by Gasteiger charge is 2.55. The fraction of sp³-hybridized carbons (Fsp3) is 0.368. The van der Waals surface area contributed by atoms with Crippen molar-refractivity contribution in [3.05, 3.63) is 144 Å². The Balaban J connectivity index is 1.25. The van der Waals surface area contributed by atoms with Crippen LogP contribution in [0.4, 0.5) is 0 Å². The van der Waals surface area contributed by atoms with Crippen LogP contribution in [-0.4, -0.2) is 61.4 Å². The van der Waals surface area contributed by atoms with Crippen molar-refractivity contribution in [2.24, 2.45) is 0 Å². The van der Waals surface area contributed by atoms with Gasteiger partial charge in [0.25, 0.3) is 0 Å². The fourth-order valence-electron chi connectivity index (χ4n) is 6.67.